The molecule has 0 amide bonds. The van der Waals surface area contributed by atoms with Crippen molar-refractivity contribution in [3.63, 3.8) is 0 Å². The number of allylic oxidation sites excluding steroid dienone is 1. The smallest absolute Gasteiger partial charge is 0.478 e. The van der Waals surface area contributed by atoms with E-state index in [1.807, 2.05) is 0 Å². The molecule has 1 spiro atoms. The number of aliphatic carboxylic acids is 1. The molecule has 7 nitrogen and oxygen atoms in total. The second kappa shape index (κ2) is 5.70. The van der Waals surface area contributed by atoms with E-state index in [2.05, 4.69) is 4.18 Å². The highest BCUT2D eigenvalue weighted by atomic mass is 32.2. The second-order valence-corrected chi connectivity index (χ2v) is 6.37. The van der Waals surface area contributed by atoms with Crippen molar-refractivity contribution < 1.29 is 45.1 Å². The first-order valence-corrected chi connectivity index (χ1v) is 7.71. The Morgan fingerprint density at radius 2 is 1.86 bits per heavy atom. The molecule has 2 aliphatic rings. The third-order valence-electron chi connectivity index (χ3n) is 3.29. The first-order chi connectivity index (χ1) is 10.1. The fraction of sp³-hybridized carbons (Fsp3) is 0.727. The number of ether oxygens (including phenoxy) is 2. The molecule has 1 aliphatic heterocycles. The molecule has 11 heteroatoms. The molecule has 0 aromatic carbocycles. The molecule has 0 radical (unpaired) electrons. The van der Waals surface area contributed by atoms with E-state index in [0.29, 0.717) is 19.6 Å². The molecular formula is C11H13F3O7S. The number of halogens is 3. The zero-order chi connectivity index (χ0) is 16.6. The summed E-state index contributed by atoms with van der Waals surface area (Å²) in [5, 5.41) is 9.10. The number of hydrogen-bond donors (Lipinski definition) is 1. The molecule has 22 heavy (non-hydrogen) atoms. The van der Waals surface area contributed by atoms with Crippen LogP contribution in [0.5, 0.6) is 0 Å². The van der Waals surface area contributed by atoms with Crippen molar-refractivity contribution in [2.24, 2.45) is 0 Å². The molecule has 1 N–H and O–H groups in total. The Hall–Kier alpha value is -1.33. The highest BCUT2D eigenvalue weighted by Gasteiger charge is 2.50. The summed E-state index contributed by atoms with van der Waals surface area (Å²) in [6.07, 6.45) is -0.117. The summed E-state index contributed by atoms with van der Waals surface area (Å²) >= 11 is 0. The van der Waals surface area contributed by atoms with Gasteiger partial charge < -0.3 is 18.8 Å². The van der Waals surface area contributed by atoms with Gasteiger partial charge in [-0.3, -0.25) is 0 Å². The summed E-state index contributed by atoms with van der Waals surface area (Å²) in [7, 11) is -5.91. The third-order valence-corrected chi connectivity index (χ3v) is 4.27. The van der Waals surface area contributed by atoms with Crippen LogP contribution in [-0.4, -0.2) is 44.0 Å². The van der Waals surface area contributed by atoms with Crippen LogP contribution >= 0.6 is 0 Å². The van der Waals surface area contributed by atoms with Crippen molar-refractivity contribution in [1.82, 2.24) is 0 Å². The van der Waals surface area contributed by atoms with Crippen LogP contribution in [0.15, 0.2) is 11.3 Å². The number of rotatable bonds is 3. The van der Waals surface area contributed by atoms with Crippen LogP contribution < -0.4 is 0 Å². The molecule has 1 saturated heterocycles. The highest BCUT2D eigenvalue weighted by molar-refractivity contribution is 7.87. The van der Waals surface area contributed by atoms with Gasteiger partial charge in [-0.05, 0) is 6.42 Å². The first-order valence-electron chi connectivity index (χ1n) is 6.30. The molecule has 0 atom stereocenters. The summed E-state index contributed by atoms with van der Waals surface area (Å²) in [6, 6.07) is 0. The Morgan fingerprint density at radius 1 is 1.27 bits per heavy atom. The largest absolute Gasteiger partial charge is 0.534 e. The molecule has 0 aromatic heterocycles. The number of carboxylic acid groups (broad SMARTS) is 1. The number of carbonyl (C=O) groups is 1. The molecule has 1 aliphatic carbocycles. The molecule has 1 heterocycles. The van der Waals surface area contributed by atoms with Gasteiger partial charge in [-0.25, -0.2) is 4.79 Å². The Morgan fingerprint density at radius 3 is 2.36 bits per heavy atom. The van der Waals surface area contributed by atoms with Gasteiger partial charge in [0.1, 0.15) is 5.76 Å². The van der Waals surface area contributed by atoms with Gasteiger partial charge >= 0.3 is 21.6 Å². The minimum absolute atomic E-state index is 0.00644. The maximum Gasteiger partial charge on any atom is 0.534 e. The average Bonchev–Trinajstić information content (AvgIpc) is 2.40. The quantitative estimate of drug-likeness (QED) is 0.611. The lowest BCUT2D eigenvalue weighted by molar-refractivity contribution is -0.272. The van der Waals surface area contributed by atoms with Crippen molar-refractivity contribution in [1.29, 1.82) is 0 Å². The van der Waals surface area contributed by atoms with Gasteiger partial charge in [0.15, 0.2) is 5.79 Å². The fourth-order valence-electron chi connectivity index (χ4n) is 2.24. The minimum atomic E-state index is -5.91. The van der Waals surface area contributed by atoms with Gasteiger partial charge in [-0.2, -0.15) is 21.6 Å². The highest BCUT2D eigenvalue weighted by Crippen LogP contribution is 2.40. The van der Waals surface area contributed by atoms with Crippen LogP contribution in [0.3, 0.4) is 0 Å². The Kier molecular flexibility index (Phi) is 4.42. The van der Waals surface area contributed by atoms with E-state index in [9.17, 15) is 26.4 Å². The SMILES string of the molecule is O=C(O)C1=C(OS(=O)(=O)C(F)(F)F)CCC2(C1)OCCCO2. The standard InChI is InChI=1S/C11H13F3O7S/c12-11(13,14)22(17,18)21-8-2-3-10(6-7(8)9(15)16)19-4-1-5-20-10/h1-6H2,(H,15,16). The van der Waals surface area contributed by atoms with Gasteiger partial charge in [0.25, 0.3) is 0 Å². The van der Waals surface area contributed by atoms with Gasteiger partial charge in [0, 0.05) is 19.3 Å². The zero-order valence-corrected chi connectivity index (χ0v) is 12.0. The maximum atomic E-state index is 12.3. The first kappa shape index (κ1) is 17.0. The van der Waals surface area contributed by atoms with E-state index >= 15 is 0 Å². The molecule has 0 saturated carbocycles. The zero-order valence-electron chi connectivity index (χ0n) is 11.2. The Balaban J connectivity index is 2.29. The topological polar surface area (TPSA) is 99.1 Å². The summed E-state index contributed by atoms with van der Waals surface area (Å²) in [4.78, 5) is 11.2. The van der Waals surface area contributed by atoms with E-state index in [-0.39, 0.29) is 19.3 Å². The van der Waals surface area contributed by atoms with Crippen LogP contribution in [-0.2, 0) is 28.6 Å². The van der Waals surface area contributed by atoms with Crippen LogP contribution in [0.25, 0.3) is 0 Å². The van der Waals surface area contributed by atoms with E-state index < -0.39 is 38.7 Å². The van der Waals surface area contributed by atoms with Crippen molar-refractivity contribution in [2.45, 2.75) is 37.0 Å². The van der Waals surface area contributed by atoms with Gasteiger partial charge in [-0.1, -0.05) is 0 Å². The van der Waals surface area contributed by atoms with E-state index in [1.165, 1.54) is 0 Å². The van der Waals surface area contributed by atoms with Crippen LogP contribution in [0, 0.1) is 0 Å². The second-order valence-electron chi connectivity index (χ2n) is 4.83. The molecule has 0 bridgehead atoms. The lowest BCUT2D eigenvalue weighted by Crippen LogP contribution is -2.44. The van der Waals surface area contributed by atoms with E-state index in [1.54, 1.807) is 0 Å². The van der Waals surface area contributed by atoms with E-state index in [4.69, 9.17) is 14.6 Å². The minimum Gasteiger partial charge on any atom is -0.478 e. The van der Waals surface area contributed by atoms with Crippen molar-refractivity contribution >= 4 is 16.1 Å². The normalized spacial score (nSPS) is 22.7. The fourth-order valence-corrected chi connectivity index (χ4v) is 2.78. The van der Waals surface area contributed by atoms with Crippen molar-refractivity contribution in [3.05, 3.63) is 11.3 Å². The Bertz CT molecular complexity index is 587. The monoisotopic (exact) mass is 346 g/mol. The summed E-state index contributed by atoms with van der Waals surface area (Å²) in [5.74, 6) is -3.57. The summed E-state index contributed by atoms with van der Waals surface area (Å²) < 4.78 is 73.8. The Labute approximate surface area is 123 Å². The van der Waals surface area contributed by atoms with Gasteiger partial charge in [-0.15, -0.1) is 0 Å². The number of carboxylic acids is 1. The molecular weight excluding hydrogens is 333 g/mol. The predicted octanol–water partition coefficient (Wildman–Crippen LogP) is 1.51. The van der Waals surface area contributed by atoms with Crippen molar-refractivity contribution in [3.8, 4) is 0 Å². The van der Waals surface area contributed by atoms with Crippen LogP contribution in [0.1, 0.15) is 25.7 Å². The maximum absolute atomic E-state index is 12.3. The van der Waals surface area contributed by atoms with Gasteiger partial charge in [0.2, 0.25) is 0 Å². The van der Waals surface area contributed by atoms with Crippen LogP contribution in [0.4, 0.5) is 13.2 Å². The summed E-state index contributed by atoms with van der Waals surface area (Å²) in [6.45, 7) is 0.647. The lowest BCUT2D eigenvalue weighted by atomic mass is 9.91. The summed E-state index contributed by atoms with van der Waals surface area (Å²) in [5.41, 5.74) is -6.22. The van der Waals surface area contributed by atoms with Crippen LogP contribution in [0.2, 0.25) is 0 Å². The lowest BCUT2D eigenvalue weighted by Gasteiger charge is -2.40. The molecule has 1 fully saturated rings. The molecule has 2 rings (SSSR count). The van der Waals surface area contributed by atoms with Crippen molar-refractivity contribution in [2.75, 3.05) is 13.2 Å². The van der Waals surface area contributed by atoms with Gasteiger partial charge in [0.05, 0.1) is 18.8 Å². The van der Waals surface area contributed by atoms with E-state index in [0.717, 1.165) is 0 Å². The average molecular weight is 346 g/mol. The molecule has 0 aromatic rings. The molecule has 126 valence electrons. The number of alkyl halides is 3. The number of hydrogen-bond acceptors (Lipinski definition) is 6. The predicted molar refractivity (Wildman–Crippen MR) is 63.8 cm³/mol. The molecule has 0 unspecified atom stereocenters. The third kappa shape index (κ3) is 3.36.